The van der Waals surface area contributed by atoms with Crippen LogP contribution in [-0.4, -0.2) is 51.0 Å². The third-order valence-electron chi connectivity index (χ3n) is 4.98. The van der Waals surface area contributed by atoms with Crippen LogP contribution in [0.3, 0.4) is 0 Å². The molecule has 2 aliphatic heterocycles. The van der Waals surface area contributed by atoms with Gasteiger partial charge in [-0.3, -0.25) is 4.79 Å². The number of halogens is 1. The predicted octanol–water partition coefficient (Wildman–Crippen LogP) is 2.18. The maximum atomic E-state index is 12.6. The van der Waals surface area contributed by atoms with Crippen LogP contribution in [0.15, 0.2) is 24.3 Å². The quantitative estimate of drug-likeness (QED) is 0.794. The van der Waals surface area contributed by atoms with Gasteiger partial charge in [0, 0.05) is 37.2 Å². The lowest BCUT2D eigenvalue weighted by atomic mass is 9.97. The second-order valence-electron chi connectivity index (χ2n) is 6.94. The Kier molecular flexibility index (Phi) is 6.55. The van der Waals surface area contributed by atoms with Gasteiger partial charge < -0.3 is 10.1 Å². The highest BCUT2D eigenvalue weighted by molar-refractivity contribution is 7.88. The second kappa shape index (κ2) is 8.69. The van der Waals surface area contributed by atoms with Gasteiger partial charge in [-0.05, 0) is 43.4 Å². The number of carbonyl (C=O) groups excluding carboxylic acids is 1. The number of rotatable bonds is 6. The van der Waals surface area contributed by atoms with E-state index in [1.54, 1.807) is 24.3 Å². The zero-order valence-corrected chi connectivity index (χ0v) is 16.3. The summed E-state index contributed by atoms with van der Waals surface area (Å²) in [5.74, 6) is -0.190. The molecule has 2 aliphatic rings. The molecule has 6 nitrogen and oxygen atoms in total. The minimum Gasteiger partial charge on any atom is -0.376 e. The standard InChI is InChI=1S/C18H25ClN2O4S/c19-16-4-1-3-14(11-16)13-26(23,24)21-8-6-15(7-9-21)18(22)20-12-17-5-2-10-25-17/h1,3-4,11,15,17H,2,5-10,12-13H2,(H,20,22)/t17-/m0/s1. The summed E-state index contributed by atoms with van der Waals surface area (Å²) in [7, 11) is -3.40. The van der Waals surface area contributed by atoms with Gasteiger partial charge in [0.2, 0.25) is 15.9 Å². The van der Waals surface area contributed by atoms with E-state index >= 15 is 0 Å². The molecule has 1 amide bonds. The van der Waals surface area contributed by atoms with E-state index in [0.717, 1.165) is 19.4 Å². The van der Waals surface area contributed by atoms with Gasteiger partial charge in [0.1, 0.15) is 0 Å². The molecule has 1 N–H and O–H groups in total. The van der Waals surface area contributed by atoms with Crippen molar-refractivity contribution in [2.24, 2.45) is 5.92 Å². The zero-order chi connectivity index (χ0) is 18.6. The summed E-state index contributed by atoms with van der Waals surface area (Å²) in [5.41, 5.74) is 0.675. The number of benzene rings is 1. The van der Waals surface area contributed by atoms with Gasteiger partial charge in [-0.2, -0.15) is 0 Å². The Morgan fingerprint density at radius 3 is 2.69 bits per heavy atom. The van der Waals surface area contributed by atoms with Gasteiger partial charge in [0.25, 0.3) is 0 Å². The zero-order valence-electron chi connectivity index (χ0n) is 14.7. The number of hydrogen-bond donors (Lipinski definition) is 1. The van der Waals surface area contributed by atoms with Crippen LogP contribution >= 0.6 is 11.6 Å². The Bertz CT molecular complexity index is 726. The third kappa shape index (κ3) is 5.19. The molecule has 0 unspecified atom stereocenters. The number of amides is 1. The molecule has 1 aromatic carbocycles. The van der Waals surface area contributed by atoms with Gasteiger partial charge in [0.15, 0.2) is 0 Å². The molecule has 0 aliphatic carbocycles. The van der Waals surface area contributed by atoms with E-state index in [1.165, 1.54) is 4.31 Å². The fourth-order valence-corrected chi connectivity index (χ4v) is 5.25. The van der Waals surface area contributed by atoms with Crippen molar-refractivity contribution in [2.75, 3.05) is 26.2 Å². The van der Waals surface area contributed by atoms with Crippen LogP contribution < -0.4 is 5.32 Å². The normalized spacial score (nSPS) is 22.4. The van der Waals surface area contributed by atoms with Gasteiger partial charge in [-0.25, -0.2) is 12.7 Å². The first kappa shape index (κ1) is 19.6. The van der Waals surface area contributed by atoms with E-state index in [2.05, 4.69) is 5.32 Å². The van der Waals surface area contributed by atoms with Crippen LogP contribution in [-0.2, 0) is 25.3 Å². The average Bonchev–Trinajstić information content (AvgIpc) is 3.13. The summed E-state index contributed by atoms with van der Waals surface area (Å²) in [6.45, 7) is 2.07. The van der Waals surface area contributed by atoms with Gasteiger partial charge in [0.05, 0.1) is 11.9 Å². The van der Waals surface area contributed by atoms with Crippen LogP contribution in [0, 0.1) is 5.92 Å². The molecule has 1 atom stereocenters. The molecular formula is C18H25ClN2O4S. The fourth-order valence-electron chi connectivity index (χ4n) is 3.49. The Hall–Kier alpha value is -1.15. The summed E-state index contributed by atoms with van der Waals surface area (Å²) in [5, 5.41) is 3.47. The van der Waals surface area contributed by atoms with E-state index in [4.69, 9.17) is 16.3 Å². The molecule has 1 aromatic rings. The van der Waals surface area contributed by atoms with Crippen molar-refractivity contribution in [1.29, 1.82) is 0 Å². The van der Waals surface area contributed by atoms with E-state index in [1.807, 2.05) is 0 Å². The van der Waals surface area contributed by atoms with Crippen molar-refractivity contribution in [3.8, 4) is 0 Å². The molecule has 26 heavy (non-hydrogen) atoms. The smallest absolute Gasteiger partial charge is 0.223 e. The summed E-state index contributed by atoms with van der Waals surface area (Å²) in [6.07, 6.45) is 3.25. The molecule has 0 bridgehead atoms. The largest absolute Gasteiger partial charge is 0.376 e. The van der Waals surface area contributed by atoms with Gasteiger partial charge >= 0.3 is 0 Å². The molecule has 2 saturated heterocycles. The van der Waals surface area contributed by atoms with Crippen molar-refractivity contribution in [3.63, 3.8) is 0 Å². The van der Waals surface area contributed by atoms with Gasteiger partial charge in [-0.15, -0.1) is 0 Å². The number of carbonyl (C=O) groups is 1. The van der Waals surface area contributed by atoms with Crippen LogP contribution in [0.5, 0.6) is 0 Å². The average molecular weight is 401 g/mol. The SMILES string of the molecule is O=C(NC[C@@H]1CCCO1)C1CCN(S(=O)(=O)Cc2cccc(Cl)c2)CC1. The molecular weight excluding hydrogens is 376 g/mol. The van der Waals surface area contributed by atoms with Crippen molar-refractivity contribution < 1.29 is 17.9 Å². The first-order valence-electron chi connectivity index (χ1n) is 9.05. The van der Waals surface area contributed by atoms with Crippen molar-refractivity contribution in [2.45, 2.75) is 37.5 Å². The minimum absolute atomic E-state index is 0.00684. The fraction of sp³-hybridized carbons (Fsp3) is 0.611. The topological polar surface area (TPSA) is 75.7 Å². The highest BCUT2D eigenvalue weighted by Crippen LogP contribution is 2.23. The van der Waals surface area contributed by atoms with Crippen molar-refractivity contribution in [3.05, 3.63) is 34.9 Å². The molecule has 0 radical (unpaired) electrons. The molecule has 0 saturated carbocycles. The maximum Gasteiger partial charge on any atom is 0.223 e. The van der Waals surface area contributed by atoms with Gasteiger partial charge in [-0.1, -0.05) is 23.7 Å². The highest BCUT2D eigenvalue weighted by Gasteiger charge is 2.31. The number of hydrogen-bond acceptors (Lipinski definition) is 4. The van der Waals surface area contributed by atoms with Crippen molar-refractivity contribution in [1.82, 2.24) is 9.62 Å². The Labute approximate surface area is 159 Å². The lowest BCUT2D eigenvalue weighted by Crippen LogP contribution is -2.44. The third-order valence-corrected chi connectivity index (χ3v) is 7.07. The lowest BCUT2D eigenvalue weighted by molar-refractivity contribution is -0.126. The highest BCUT2D eigenvalue weighted by atomic mass is 35.5. The second-order valence-corrected chi connectivity index (χ2v) is 9.34. The first-order valence-corrected chi connectivity index (χ1v) is 11.0. The summed E-state index contributed by atoms with van der Waals surface area (Å²) >= 11 is 5.93. The first-order chi connectivity index (χ1) is 12.4. The predicted molar refractivity (Wildman–Crippen MR) is 100 cm³/mol. The Balaban J connectivity index is 1.48. The number of nitrogens with one attached hydrogen (secondary N) is 1. The van der Waals surface area contributed by atoms with Crippen LogP contribution in [0.4, 0.5) is 0 Å². The summed E-state index contributed by atoms with van der Waals surface area (Å²) < 4.78 is 32.2. The van der Waals surface area contributed by atoms with E-state index in [-0.39, 0.29) is 23.7 Å². The number of sulfonamides is 1. The van der Waals surface area contributed by atoms with E-state index < -0.39 is 10.0 Å². The monoisotopic (exact) mass is 400 g/mol. The van der Waals surface area contributed by atoms with E-state index in [0.29, 0.717) is 43.1 Å². The number of nitrogens with zero attached hydrogens (tertiary/aromatic N) is 1. The summed E-state index contributed by atoms with van der Waals surface area (Å²) in [6, 6.07) is 6.90. The van der Waals surface area contributed by atoms with E-state index in [9.17, 15) is 13.2 Å². The van der Waals surface area contributed by atoms with Crippen LogP contribution in [0.25, 0.3) is 0 Å². The maximum absolute atomic E-state index is 12.6. The molecule has 0 aromatic heterocycles. The minimum atomic E-state index is -3.40. The molecule has 2 heterocycles. The Morgan fingerprint density at radius 2 is 2.04 bits per heavy atom. The summed E-state index contributed by atoms with van der Waals surface area (Å²) in [4.78, 5) is 12.3. The Morgan fingerprint density at radius 1 is 1.27 bits per heavy atom. The lowest BCUT2D eigenvalue weighted by Gasteiger charge is -2.30. The molecule has 144 valence electrons. The number of ether oxygens (including phenoxy) is 1. The van der Waals surface area contributed by atoms with Crippen LogP contribution in [0.1, 0.15) is 31.2 Å². The molecule has 2 fully saturated rings. The number of piperidine rings is 1. The molecule has 0 spiro atoms. The molecule has 8 heteroatoms. The van der Waals surface area contributed by atoms with Crippen LogP contribution in [0.2, 0.25) is 5.02 Å². The molecule has 3 rings (SSSR count). The van der Waals surface area contributed by atoms with Crippen molar-refractivity contribution >= 4 is 27.5 Å².